The maximum absolute atomic E-state index is 11.6. The normalized spacial score (nSPS) is 18.8. The van der Waals surface area contributed by atoms with Gasteiger partial charge in [0.1, 0.15) is 0 Å². The molecule has 5 nitrogen and oxygen atoms in total. The summed E-state index contributed by atoms with van der Waals surface area (Å²) in [6, 6.07) is 6.64. The van der Waals surface area contributed by atoms with Gasteiger partial charge in [-0.25, -0.2) is 9.97 Å². The summed E-state index contributed by atoms with van der Waals surface area (Å²) in [7, 11) is 0. The molecule has 0 saturated heterocycles. The van der Waals surface area contributed by atoms with Gasteiger partial charge < -0.3 is 15.1 Å². The molecule has 2 aliphatic heterocycles. The first-order chi connectivity index (χ1) is 18.1. The first-order valence-electron chi connectivity index (χ1n) is 14.0. The SMILES string of the molecule is CCC1=C(C)c2cc3[nH]c(cc4[nH]c(cc5nc6c(c1n2)CC(C)(O)C6=C5C)c(CC)c4C)c(CC)c3C. The number of nitrogens with one attached hydrogen (secondary N) is 2. The van der Waals surface area contributed by atoms with Gasteiger partial charge in [0, 0.05) is 39.6 Å². The van der Waals surface area contributed by atoms with E-state index in [4.69, 9.17) is 9.97 Å². The maximum Gasteiger partial charge on any atom is 0.0934 e. The van der Waals surface area contributed by atoms with Crippen molar-refractivity contribution in [1.29, 1.82) is 0 Å². The number of allylic oxidation sites excluding steroid dienone is 3. The van der Waals surface area contributed by atoms with Crippen LogP contribution in [0.15, 0.2) is 18.2 Å². The summed E-state index contributed by atoms with van der Waals surface area (Å²) in [5.74, 6) is 0. The Hall–Kier alpha value is -3.44. The van der Waals surface area contributed by atoms with Crippen molar-refractivity contribution in [3.63, 3.8) is 0 Å². The third-order valence-corrected chi connectivity index (χ3v) is 9.03. The molecule has 3 aromatic rings. The Labute approximate surface area is 224 Å². The molecule has 6 rings (SSSR count). The molecule has 3 N–H and O–H groups in total. The predicted octanol–water partition coefficient (Wildman–Crippen LogP) is 7.63. The fraction of sp³-hybridized carbons (Fsp3) is 0.394. The molecule has 0 saturated carbocycles. The average Bonchev–Trinajstić information content (AvgIpc) is 3.60. The molecule has 5 heterocycles. The molecule has 0 spiro atoms. The number of H-pyrrole nitrogens is 2. The Balaban J connectivity index is 1.85. The summed E-state index contributed by atoms with van der Waals surface area (Å²) in [5, 5.41) is 11.6. The first kappa shape index (κ1) is 24.9. The van der Waals surface area contributed by atoms with E-state index in [2.05, 4.69) is 76.6 Å². The number of aromatic nitrogens is 4. The topological polar surface area (TPSA) is 77.6 Å². The van der Waals surface area contributed by atoms with Crippen molar-refractivity contribution < 1.29 is 5.11 Å². The number of aryl methyl sites for hydroxylation is 4. The second-order valence-electron chi connectivity index (χ2n) is 11.3. The van der Waals surface area contributed by atoms with Crippen LogP contribution >= 0.6 is 0 Å². The van der Waals surface area contributed by atoms with Crippen LogP contribution in [0.25, 0.3) is 44.4 Å². The molecule has 196 valence electrons. The lowest BCUT2D eigenvalue weighted by atomic mass is 9.93. The summed E-state index contributed by atoms with van der Waals surface area (Å²) in [5.41, 5.74) is 18.0. The Morgan fingerprint density at radius 2 is 1.26 bits per heavy atom. The molecule has 8 bridgehead atoms. The van der Waals surface area contributed by atoms with Crippen LogP contribution in [-0.2, 0) is 19.3 Å². The van der Waals surface area contributed by atoms with Crippen LogP contribution < -0.4 is 0 Å². The Bertz CT molecular complexity index is 1760. The van der Waals surface area contributed by atoms with Gasteiger partial charge in [-0.15, -0.1) is 0 Å². The fourth-order valence-electron chi connectivity index (χ4n) is 6.94. The minimum absolute atomic E-state index is 0.529. The number of fused-ring (bicyclic) bond motifs is 8. The van der Waals surface area contributed by atoms with Crippen LogP contribution in [0.2, 0.25) is 0 Å². The number of nitrogens with zero attached hydrogens (tertiary/aromatic N) is 2. The van der Waals surface area contributed by atoms with Gasteiger partial charge in [-0.2, -0.15) is 0 Å². The van der Waals surface area contributed by atoms with Crippen molar-refractivity contribution >= 4 is 44.4 Å². The number of rotatable bonds is 3. The van der Waals surface area contributed by atoms with Gasteiger partial charge in [0.2, 0.25) is 0 Å². The Morgan fingerprint density at radius 3 is 1.87 bits per heavy atom. The van der Waals surface area contributed by atoms with Crippen LogP contribution in [0.4, 0.5) is 0 Å². The number of aliphatic hydroxyl groups is 1. The van der Waals surface area contributed by atoms with E-state index in [0.717, 1.165) is 80.8 Å². The number of hydrogen-bond donors (Lipinski definition) is 3. The quantitative estimate of drug-likeness (QED) is 0.342. The monoisotopic (exact) mass is 506 g/mol. The van der Waals surface area contributed by atoms with E-state index in [1.165, 1.54) is 33.4 Å². The summed E-state index contributed by atoms with van der Waals surface area (Å²) in [4.78, 5) is 17.8. The Kier molecular flexibility index (Phi) is 5.59. The minimum atomic E-state index is -0.972. The van der Waals surface area contributed by atoms with E-state index >= 15 is 0 Å². The molecule has 5 heteroatoms. The molecule has 0 aromatic carbocycles. The van der Waals surface area contributed by atoms with Crippen molar-refractivity contribution in [3.8, 4) is 0 Å². The standard InChI is InChI=1S/C33H38N4O/c1-9-20-16(4)24-12-26-18(6)22(11-3)31(36-26)23-15-33(8,38)30-19(7)27(37-32(23)30)14-29-21(10-2)17(5)25(35-29)13-28(20)34-24/h12-14,34-35,38H,9-11,15H2,1-8H3. The van der Waals surface area contributed by atoms with Gasteiger partial charge in [0.15, 0.2) is 0 Å². The molecule has 3 aromatic heterocycles. The highest BCUT2D eigenvalue weighted by molar-refractivity contribution is 6.01. The van der Waals surface area contributed by atoms with Crippen molar-refractivity contribution in [3.05, 3.63) is 68.8 Å². The zero-order valence-electron chi connectivity index (χ0n) is 23.9. The van der Waals surface area contributed by atoms with Gasteiger partial charge in [-0.1, -0.05) is 20.8 Å². The maximum atomic E-state index is 11.6. The van der Waals surface area contributed by atoms with Crippen molar-refractivity contribution in [2.75, 3.05) is 0 Å². The first-order valence-corrected chi connectivity index (χ1v) is 14.0. The molecular formula is C33H38N4O. The molecule has 1 unspecified atom stereocenters. The molecule has 0 fully saturated rings. The summed E-state index contributed by atoms with van der Waals surface area (Å²) in [6.07, 6.45) is 3.30. The predicted molar refractivity (Wildman–Crippen MR) is 159 cm³/mol. The fourth-order valence-corrected chi connectivity index (χ4v) is 6.94. The van der Waals surface area contributed by atoms with E-state index in [-0.39, 0.29) is 0 Å². The van der Waals surface area contributed by atoms with Gasteiger partial charge in [-0.3, -0.25) is 0 Å². The summed E-state index contributed by atoms with van der Waals surface area (Å²) in [6.45, 7) is 17.2. The Morgan fingerprint density at radius 1 is 0.737 bits per heavy atom. The van der Waals surface area contributed by atoms with Gasteiger partial charge in [-0.05, 0) is 111 Å². The van der Waals surface area contributed by atoms with Crippen LogP contribution in [0, 0.1) is 13.8 Å². The lowest BCUT2D eigenvalue weighted by molar-refractivity contribution is 0.130. The third-order valence-electron chi connectivity index (χ3n) is 9.03. The van der Waals surface area contributed by atoms with Crippen molar-refractivity contribution in [1.82, 2.24) is 19.9 Å². The van der Waals surface area contributed by atoms with Crippen LogP contribution in [0.1, 0.15) is 98.6 Å². The molecule has 1 aliphatic carbocycles. The van der Waals surface area contributed by atoms with E-state index in [1.54, 1.807) is 0 Å². The molecular weight excluding hydrogens is 468 g/mol. The molecule has 0 amide bonds. The zero-order valence-corrected chi connectivity index (χ0v) is 23.9. The smallest absolute Gasteiger partial charge is 0.0934 e. The number of hydrogen-bond acceptors (Lipinski definition) is 3. The van der Waals surface area contributed by atoms with Crippen LogP contribution in [0.5, 0.6) is 0 Å². The van der Waals surface area contributed by atoms with Crippen LogP contribution in [-0.4, -0.2) is 30.6 Å². The van der Waals surface area contributed by atoms with Gasteiger partial charge in [0.05, 0.1) is 28.4 Å². The third kappa shape index (κ3) is 3.41. The highest BCUT2D eigenvalue weighted by Crippen LogP contribution is 2.49. The second-order valence-corrected chi connectivity index (χ2v) is 11.3. The minimum Gasteiger partial charge on any atom is -0.385 e. The number of aromatic amines is 2. The molecule has 0 radical (unpaired) electrons. The van der Waals surface area contributed by atoms with Crippen LogP contribution in [0.3, 0.4) is 0 Å². The molecule has 3 aliphatic rings. The van der Waals surface area contributed by atoms with Crippen molar-refractivity contribution in [2.45, 2.75) is 86.7 Å². The second kappa shape index (κ2) is 8.54. The molecule has 38 heavy (non-hydrogen) atoms. The lowest BCUT2D eigenvalue weighted by Gasteiger charge is -2.18. The van der Waals surface area contributed by atoms with E-state index < -0.39 is 5.60 Å². The molecule has 1 atom stereocenters. The zero-order chi connectivity index (χ0) is 27.1. The largest absolute Gasteiger partial charge is 0.385 e. The van der Waals surface area contributed by atoms with E-state index in [9.17, 15) is 5.11 Å². The van der Waals surface area contributed by atoms with Crippen molar-refractivity contribution in [2.24, 2.45) is 0 Å². The summed E-state index contributed by atoms with van der Waals surface area (Å²) >= 11 is 0. The highest BCUT2D eigenvalue weighted by Gasteiger charge is 2.43. The van der Waals surface area contributed by atoms with E-state index in [1.807, 2.05) is 6.92 Å². The lowest BCUT2D eigenvalue weighted by Crippen LogP contribution is -2.23. The average molecular weight is 507 g/mol. The van der Waals surface area contributed by atoms with Gasteiger partial charge in [0.25, 0.3) is 0 Å². The van der Waals surface area contributed by atoms with E-state index in [0.29, 0.717) is 6.42 Å². The highest BCUT2D eigenvalue weighted by atomic mass is 16.3. The van der Waals surface area contributed by atoms with Gasteiger partial charge >= 0.3 is 0 Å². The summed E-state index contributed by atoms with van der Waals surface area (Å²) < 4.78 is 0.